The first-order valence-electron chi connectivity index (χ1n) is 13.2. The molecule has 1 aliphatic heterocycles. The molecule has 0 saturated heterocycles. The van der Waals surface area contributed by atoms with Gasteiger partial charge >= 0.3 is 5.97 Å². The molecule has 0 spiro atoms. The summed E-state index contributed by atoms with van der Waals surface area (Å²) in [6, 6.07) is 21.5. The average molecular weight is 524 g/mol. The van der Waals surface area contributed by atoms with Gasteiger partial charge in [0.15, 0.2) is 0 Å². The number of hydrogen-bond acceptors (Lipinski definition) is 6. The van der Waals surface area contributed by atoms with Crippen LogP contribution in [0.2, 0.25) is 0 Å². The van der Waals surface area contributed by atoms with Crippen LogP contribution in [0.25, 0.3) is 11.5 Å². The van der Waals surface area contributed by atoms with E-state index >= 15 is 0 Å². The van der Waals surface area contributed by atoms with Crippen LogP contribution in [0, 0.1) is 6.92 Å². The van der Waals surface area contributed by atoms with E-state index in [1.165, 1.54) is 17.4 Å². The second-order valence-corrected chi connectivity index (χ2v) is 10.3. The predicted molar refractivity (Wildman–Crippen MR) is 149 cm³/mol. The van der Waals surface area contributed by atoms with E-state index in [4.69, 9.17) is 9.15 Å². The molecular weight excluding hydrogens is 490 g/mol. The number of oxazole rings is 1. The van der Waals surface area contributed by atoms with E-state index in [0.717, 1.165) is 24.0 Å². The van der Waals surface area contributed by atoms with Crippen molar-refractivity contribution in [3.63, 3.8) is 0 Å². The van der Waals surface area contributed by atoms with Gasteiger partial charge in [-0.25, -0.2) is 4.98 Å². The molecule has 7 heteroatoms. The Hall–Kier alpha value is -4.23. The molecule has 2 heterocycles. The molecule has 200 valence electrons. The summed E-state index contributed by atoms with van der Waals surface area (Å²) in [5, 5.41) is 6.42. The molecule has 0 fully saturated rings. The van der Waals surface area contributed by atoms with Crippen LogP contribution in [-0.2, 0) is 29.0 Å². The molecule has 2 unspecified atom stereocenters. The van der Waals surface area contributed by atoms with Crippen molar-refractivity contribution in [1.29, 1.82) is 0 Å². The number of nitrogens with one attached hydrogen (secondary N) is 2. The zero-order valence-corrected chi connectivity index (χ0v) is 22.5. The van der Waals surface area contributed by atoms with Gasteiger partial charge in [-0.2, -0.15) is 0 Å². The van der Waals surface area contributed by atoms with Gasteiger partial charge in [-0.1, -0.05) is 48.5 Å². The van der Waals surface area contributed by atoms with Crippen molar-refractivity contribution in [2.45, 2.75) is 51.3 Å². The molecule has 2 N–H and O–H groups in total. The molecule has 2 atom stereocenters. The van der Waals surface area contributed by atoms with Crippen LogP contribution in [-0.4, -0.2) is 29.4 Å². The predicted octanol–water partition coefficient (Wildman–Crippen LogP) is 5.33. The molecule has 4 aromatic rings. The average Bonchev–Trinajstić information content (AvgIpc) is 3.50. The number of esters is 1. The van der Waals surface area contributed by atoms with E-state index in [-0.39, 0.29) is 24.5 Å². The highest BCUT2D eigenvalue weighted by Crippen LogP contribution is 2.27. The number of aryl methyl sites for hydroxylation is 2. The lowest BCUT2D eigenvalue weighted by Crippen LogP contribution is -2.50. The standard InChI is InChI=1S/C32H33N3O4/c1-21-9-10-22-15-25(21)11-12-28(24-7-5-4-6-8-24)35-29(36)26-16-23(17-27(18-26)30-34-13-14-38-30)20-39-31(37)32(2,19-22)33-3/h4-10,13-18,28,33H,11-12,19-20H2,1-3H3,(H,35,36). The SMILES string of the molecule is CNC1(C)Cc2ccc(C)c(c2)CCC(c2ccccc2)NC(=O)c2cc(cc(-c3ncco3)c2)COC1=O. The van der Waals surface area contributed by atoms with Crippen molar-refractivity contribution < 1.29 is 18.7 Å². The number of nitrogens with zero attached hydrogens (tertiary/aromatic N) is 1. The zero-order chi connectivity index (χ0) is 27.4. The van der Waals surface area contributed by atoms with Crippen LogP contribution in [0.3, 0.4) is 0 Å². The fraction of sp³-hybridized carbons (Fsp3) is 0.281. The molecule has 0 radical (unpaired) electrons. The lowest BCUT2D eigenvalue weighted by atomic mass is 9.89. The molecule has 7 nitrogen and oxygen atoms in total. The van der Waals surface area contributed by atoms with Gasteiger partial charge in [-0.15, -0.1) is 0 Å². The summed E-state index contributed by atoms with van der Waals surface area (Å²) >= 11 is 0. The zero-order valence-electron chi connectivity index (χ0n) is 22.5. The highest BCUT2D eigenvalue weighted by molar-refractivity contribution is 5.95. The van der Waals surface area contributed by atoms with Crippen LogP contribution in [0.5, 0.6) is 0 Å². The van der Waals surface area contributed by atoms with Gasteiger partial charge < -0.3 is 19.8 Å². The maximum absolute atomic E-state index is 13.7. The van der Waals surface area contributed by atoms with E-state index in [2.05, 4.69) is 40.7 Å². The van der Waals surface area contributed by atoms with E-state index in [0.29, 0.717) is 29.0 Å². The maximum atomic E-state index is 13.7. The number of likely N-dealkylation sites (N-methyl/N-ethyl adjacent to an activating group) is 1. The van der Waals surface area contributed by atoms with Gasteiger partial charge in [0.1, 0.15) is 18.4 Å². The minimum absolute atomic E-state index is 0.00614. The van der Waals surface area contributed by atoms with Crippen molar-refractivity contribution in [2.75, 3.05) is 7.05 Å². The summed E-state index contributed by atoms with van der Waals surface area (Å²) in [6.45, 7) is 3.95. The van der Waals surface area contributed by atoms with Crippen molar-refractivity contribution in [2.24, 2.45) is 0 Å². The number of hydrogen-bond donors (Lipinski definition) is 2. The third-order valence-corrected chi connectivity index (χ3v) is 7.49. The minimum Gasteiger partial charge on any atom is -0.459 e. The van der Waals surface area contributed by atoms with E-state index in [1.807, 2.05) is 43.3 Å². The number of rotatable bonds is 3. The number of carbonyl (C=O) groups excluding carboxylic acids is 2. The second-order valence-electron chi connectivity index (χ2n) is 10.3. The highest BCUT2D eigenvalue weighted by Gasteiger charge is 2.34. The van der Waals surface area contributed by atoms with Gasteiger partial charge in [-0.3, -0.25) is 9.59 Å². The Labute approximate surface area is 228 Å². The van der Waals surface area contributed by atoms with Gasteiger partial charge in [-0.05, 0) is 79.8 Å². The summed E-state index contributed by atoms with van der Waals surface area (Å²) in [4.78, 5) is 31.2. The fourth-order valence-electron chi connectivity index (χ4n) is 5.03. The third kappa shape index (κ3) is 5.94. The first-order valence-corrected chi connectivity index (χ1v) is 13.2. The molecule has 1 amide bonds. The molecule has 0 aliphatic carbocycles. The molecule has 4 bridgehead atoms. The van der Waals surface area contributed by atoms with Crippen LogP contribution in [0.1, 0.15) is 57.6 Å². The summed E-state index contributed by atoms with van der Waals surface area (Å²) < 4.78 is 11.3. The van der Waals surface area contributed by atoms with E-state index < -0.39 is 5.54 Å². The summed E-state index contributed by atoms with van der Waals surface area (Å²) in [5.41, 5.74) is 5.29. The first-order chi connectivity index (χ1) is 18.8. The second kappa shape index (κ2) is 11.3. The number of carbonyl (C=O) groups is 2. The monoisotopic (exact) mass is 523 g/mol. The van der Waals surface area contributed by atoms with Crippen LogP contribution in [0.4, 0.5) is 0 Å². The van der Waals surface area contributed by atoms with Crippen LogP contribution in [0.15, 0.2) is 83.6 Å². The lowest BCUT2D eigenvalue weighted by Gasteiger charge is -2.28. The quantitative estimate of drug-likeness (QED) is 0.353. The minimum atomic E-state index is -0.920. The Morgan fingerprint density at radius 1 is 1.00 bits per heavy atom. The molecule has 0 saturated carbocycles. The van der Waals surface area contributed by atoms with Gasteiger partial charge in [0.25, 0.3) is 5.91 Å². The van der Waals surface area contributed by atoms with Gasteiger partial charge in [0.2, 0.25) is 5.89 Å². The maximum Gasteiger partial charge on any atom is 0.326 e. The Bertz CT molecular complexity index is 1470. The van der Waals surface area contributed by atoms with E-state index in [1.54, 1.807) is 25.4 Å². The Morgan fingerprint density at radius 2 is 1.79 bits per heavy atom. The summed E-state index contributed by atoms with van der Waals surface area (Å²) in [6.07, 6.45) is 5.01. The molecular formula is C32H33N3O4. The smallest absolute Gasteiger partial charge is 0.326 e. The van der Waals surface area contributed by atoms with E-state index in [9.17, 15) is 9.59 Å². The topological polar surface area (TPSA) is 93.5 Å². The molecule has 39 heavy (non-hydrogen) atoms. The summed E-state index contributed by atoms with van der Waals surface area (Å²) in [5.74, 6) is -0.196. The number of amides is 1. The number of fused-ring (bicyclic) bond motifs is 4. The highest BCUT2D eigenvalue weighted by atomic mass is 16.5. The largest absolute Gasteiger partial charge is 0.459 e. The van der Waals surface area contributed by atoms with Crippen LogP contribution < -0.4 is 10.6 Å². The fourth-order valence-corrected chi connectivity index (χ4v) is 5.03. The van der Waals surface area contributed by atoms with Crippen molar-refractivity contribution in [1.82, 2.24) is 15.6 Å². The van der Waals surface area contributed by atoms with Crippen molar-refractivity contribution in [3.8, 4) is 11.5 Å². The number of benzene rings is 3. The van der Waals surface area contributed by atoms with Crippen molar-refractivity contribution >= 4 is 11.9 Å². The number of ether oxygens (including phenoxy) is 1. The van der Waals surface area contributed by atoms with Crippen LogP contribution >= 0.6 is 0 Å². The number of cyclic esters (lactones) is 1. The normalized spacial score (nSPS) is 20.2. The summed E-state index contributed by atoms with van der Waals surface area (Å²) in [7, 11) is 1.77. The molecule has 3 aromatic carbocycles. The Morgan fingerprint density at radius 3 is 2.54 bits per heavy atom. The first kappa shape index (κ1) is 26.4. The Balaban J connectivity index is 1.58. The van der Waals surface area contributed by atoms with Gasteiger partial charge in [0.05, 0.1) is 12.2 Å². The number of aromatic nitrogens is 1. The third-order valence-electron chi connectivity index (χ3n) is 7.49. The molecule has 5 rings (SSSR count). The molecule has 1 aromatic heterocycles. The Kier molecular flexibility index (Phi) is 7.61. The molecule has 1 aliphatic rings. The van der Waals surface area contributed by atoms with Gasteiger partial charge in [0, 0.05) is 17.5 Å². The lowest BCUT2D eigenvalue weighted by molar-refractivity contribution is -0.152. The van der Waals surface area contributed by atoms with Crippen molar-refractivity contribution in [3.05, 3.63) is 113 Å².